The van der Waals surface area contributed by atoms with E-state index < -0.39 is 0 Å². The highest BCUT2D eigenvalue weighted by Gasteiger charge is 2.22. The first-order valence-electron chi connectivity index (χ1n) is 6.54. The zero-order valence-electron chi connectivity index (χ0n) is 12.7. The number of imidazole rings is 1. The van der Waals surface area contributed by atoms with Gasteiger partial charge in [-0.05, 0) is 17.7 Å². The van der Waals surface area contributed by atoms with Crippen LogP contribution in [0.3, 0.4) is 0 Å². The molecule has 1 atom stereocenters. The average Bonchev–Trinajstić information content (AvgIpc) is 2.93. The molecule has 0 bridgehead atoms. The molecule has 0 aliphatic rings. The van der Waals surface area contributed by atoms with Gasteiger partial charge in [-0.25, -0.2) is 4.98 Å². The quantitative estimate of drug-likeness (QED) is 0.875. The van der Waals surface area contributed by atoms with E-state index in [-0.39, 0.29) is 12.5 Å². The first-order chi connectivity index (χ1) is 10.2. The van der Waals surface area contributed by atoms with Crippen LogP contribution in [0.5, 0.6) is 17.2 Å². The van der Waals surface area contributed by atoms with E-state index in [9.17, 15) is 5.11 Å². The number of aliphatic hydroxyl groups is 1. The van der Waals surface area contributed by atoms with Crippen LogP contribution in [0, 0.1) is 0 Å². The zero-order valence-corrected chi connectivity index (χ0v) is 12.7. The molecule has 2 aromatic rings. The first kappa shape index (κ1) is 15.2. The van der Waals surface area contributed by atoms with Gasteiger partial charge < -0.3 is 23.9 Å². The van der Waals surface area contributed by atoms with Gasteiger partial charge in [-0.2, -0.15) is 0 Å². The van der Waals surface area contributed by atoms with Crippen molar-refractivity contribution in [3.8, 4) is 17.2 Å². The van der Waals surface area contributed by atoms with Gasteiger partial charge in [0.15, 0.2) is 11.5 Å². The molecule has 1 heterocycles. The van der Waals surface area contributed by atoms with Crippen LogP contribution < -0.4 is 14.2 Å². The van der Waals surface area contributed by atoms with Crippen molar-refractivity contribution < 1.29 is 19.3 Å². The Balaban J connectivity index is 2.54. The summed E-state index contributed by atoms with van der Waals surface area (Å²) in [4.78, 5) is 4.31. The Morgan fingerprint density at radius 1 is 1.14 bits per heavy atom. The minimum Gasteiger partial charge on any atom is -0.493 e. The van der Waals surface area contributed by atoms with Gasteiger partial charge in [0.05, 0.1) is 33.9 Å². The Morgan fingerprint density at radius 2 is 1.76 bits per heavy atom. The summed E-state index contributed by atoms with van der Waals surface area (Å²) in [6.07, 6.45) is 3.55. The van der Waals surface area contributed by atoms with Gasteiger partial charge >= 0.3 is 0 Å². The van der Waals surface area contributed by atoms with E-state index in [4.69, 9.17) is 14.2 Å². The number of ether oxygens (including phenoxy) is 3. The van der Waals surface area contributed by atoms with E-state index in [2.05, 4.69) is 4.98 Å². The summed E-state index contributed by atoms with van der Waals surface area (Å²) in [5.74, 6) is 2.14. The third-order valence-electron chi connectivity index (χ3n) is 3.44. The Hall–Kier alpha value is -2.21. The van der Waals surface area contributed by atoms with E-state index in [1.807, 2.05) is 29.9 Å². The lowest BCUT2D eigenvalue weighted by molar-refractivity contribution is 0.273. The van der Waals surface area contributed by atoms with Crippen molar-refractivity contribution in [2.75, 3.05) is 27.9 Å². The molecule has 0 aliphatic heterocycles. The number of hydrogen-bond donors (Lipinski definition) is 1. The van der Waals surface area contributed by atoms with E-state index in [1.54, 1.807) is 27.5 Å². The van der Waals surface area contributed by atoms with Crippen LogP contribution in [0.25, 0.3) is 0 Å². The second-order valence-electron chi connectivity index (χ2n) is 4.59. The van der Waals surface area contributed by atoms with Crippen LogP contribution in [0.1, 0.15) is 17.3 Å². The first-order valence-corrected chi connectivity index (χ1v) is 6.54. The zero-order chi connectivity index (χ0) is 15.4. The number of benzene rings is 1. The van der Waals surface area contributed by atoms with Gasteiger partial charge in [0.2, 0.25) is 5.75 Å². The van der Waals surface area contributed by atoms with Gasteiger partial charge in [0.25, 0.3) is 0 Å². The van der Waals surface area contributed by atoms with Crippen LogP contribution in [0.15, 0.2) is 24.5 Å². The highest BCUT2D eigenvalue weighted by molar-refractivity contribution is 5.55. The van der Waals surface area contributed by atoms with E-state index in [0.717, 1.165) is 11.4 Å². The summed E-state index contributed by atoms with van der Waals surface area (Å²) in [6.45, 7) is -0.0660. The van der Waals surface area contributed by atoms with Crippen molar-refractivity contribution in [1.29, 1.82) is 0 Å². The molecule has 0 spiro atoms. The highest BCUT2D eigenvalue weighted by Crippen LogP contribution is 2.40. The fraction of sp³-hybridized carbons (Fsp3) is 0.400. The number of nitrogens with zero attached hydrogens (tertiary/aromatic N) is 2. The van der Waals surface area contributed by atoms with Gasteiger partial charge in [-0.1, -0.05) is 0 Å². The molecule has 114 valence electrons. The molecule has 0 saturated heterocycles. The minimum absolute atomic E-state index is 0.0660. The summed E-state index contributed by atoms with van der Waals surface area (Å²) in [7, 11) is 6.58. The summed E-state index contributed by atoms with van der Waals surface area (Å²) in [5, 5.41) is 9.76. The van der Waals surface area contributed by atoms with E-state index in [0.29, 0.717) is 17.2 Å². The topological polar surface area (TPSA) is 65.7 Å². The molecule has 1 unspecified atom stereocenters. The number of aliphatic hydroxyl groups excluding tert-OH is 1. The van der Waals surface area contributed by atoms with Crippen LogP contribution in [-0.4, -0.2) is 42.6 Å². The van der Waals surface area contributed by atoms with E-state index >= 15 is 0 Å². The summed E-state index contributed by atoms with van der Waals surface area (Å²) < 4.78 is 17.9. The van der Waals surface area contributed by atoms with Crippen molar-refractivity contribution in [1.82, 2.24) is 9.55 Å². The fourth-order valence-corrected chi connectivity index (χ4v) is 2.35. The molecule has 0 aliphatic carbocycles. The molecule has 2 rings (SSSR count). The predicted molar refractivity (Wildman–Crippen MR) is 78.2 cm³/mol. The van der Waals surface area contributed by atoms with Crippen LogP contribution >= 0.6 is 0 Å². The summed E-state index contributed by atoms with van der Waals surface area (Å²) in [6, 6.07) is 3.66. The standard InChI is InChI=1S/C15H20N2O4/c1-17-6-5-16-15(17)11(9-18)10-7-12(19-2)14(21-4)13(8-10)20-3/h5-8,11,18H,9H2,1-4H3. The molecule has 0 radical (unpaired) electrons. The summed E-state index contributed by atoms with van der Waals surface area (Å²) in [5.41, 5.74) is 0.848. The maximum Gasteiger partial charge on any atom is 0.203 e. The largest absolute Gasteiger partial charge is 0.493 e. The maximum absolute atomic E-state index is 9.76. The lowest BCUT2D eigenvalue weighted by atomic mass is 9.98. The maximum atomic E-state index is 9.76. The van der Waals surface area contributed by atoms with Crippen molar-refractivity contribution in [2.45, 2.75) is 5.92 Å². The molecule has 6 heteroatoms. The Morgan fingerprint density at radius 3 is 2.14 bits per heavy atom. The van der Waals surface area contributed by atoms with Crippen LogP contribution in [0.4, 0.5) is 0 Å². The SMILES string of the molecule is COc1cc(C(CO)c2nccn2C)cc(OC)c1OC. The molecule has 1 aromatic carbocycles. The predicted octanol–water partition coefficient (Wildman–Crippen LogP) is 1.57. The molecule has 0 fully saturated rings. The Kier molecular flexibility index (Phi) is 4.70. The Labute approximate surface area is 123 Å². The Bertz CT molecular complexity index is 584. The van der Waals surface area contributed by atoms with Crippen molar-refractivity contribution >= 4 is 0 Å². The lowest BCUT2D eigenvalue weighted by Gasteiger charge is -2.19. The minimum atomic E-state index is -0.265. The molecule has 1 aromatic heterocycles. The van der Waals surface area contributed by atoms with Crippen LogP contribution in [0.2, 0.25) is 0 Å². The normalized spacial score (nSPS) is 12.0. The number of hydrogen-bond acceptors (Lipinski definition) is 5. The molecule has 1 N–H and O–H groups in total. The smallest absolute Gasteiger partial charge is 0.203 e. The van der Waals surface area contributed by atoms with E-state index in [1.165, 1.54) is 0 Å². The van der Waals surface area contributed by atoms with Crippen molar-refractivity contribution in [2.24, 2.45) is 7.05 Å². The van der Waals surface area contributed by atoms with Gasteiger partial charge in [0.1, 0.15) is 5.82 Å². The van der Waals surface area contributed by atoms with Gasteiger partial charge in [0, 0.05) is 19.4 Å². The highest BCUT2D eigenvalue weighted by atomic mass is 16.5. The van der Waals surface area contributed by atoms with Crippen molar-refractivity contribution in [3.63, 3.8) is 0 Å². The fourth-order valence-electron chi connectivity index (χ4n) is 2.35. The molecular formula is C15H20N2O4. The monoisotopic (exact) mass is 292 g/mol. The number of aromatic nitrogens is 2. The second-order valence-corrected chi connectivity index (χ2v) is 4.59. The number of aryl methyl sites for hydroxylation is 1. The third-order valence-corrected chi connectivity index (χ3v) is 3.44. The molecule has 0 amide bonds. The molecule has 21 heavy (non-hydrogen) atoms. The summed E-state index contributed by atoms with van der Waals surface area (Å²) >= 11 is 0. The average molecular weight is 292 g/mol. The van der Waals surface area contributed by atoms with Crippen molar-refractivity contribution in [3.05, 3.63) is 35.9 Å². The third kappa shape index (κ3) is 2.80. The number of rotatable bonds is 6. The van der Waals surface area contributed by atoms with Gasteiger partial charge in [-0.3, -0.25) is 0 Å². The van der Waals surface area contributed by atoms with Crippen LogP contribution in [-0.2, 0) is 7.05 Å². The molecular weight excluding hydrogens is 272 g/mol. The second kappa shape index (κ2) is 6.49. The molecule has 6 nitrogen and oxygen atoms in total. The number of methoxy groups -OCH3 is 3. The molecule has 0 saturated carbocycles. The lowest BCUT2D eigenvalue weighted by Crippen LogP contribution is -2.12. The van der Waals surface area contributed by atoms with Gasteiger partial charge in [-0.15, -0.1) is 0 Å².